The Kier molecular flexibility index (Phi) is 3.13. The van der Waals surface area contributed by atoms with Crippen LogP contribution in [0, 0.1) is 12.8 Å². The molecule has 5 heteroatoms. The van der Waals surface area contributed by atoms with Crippen LogP contribution in [0.1, 0.15) is 18.4 Å². The minimum atomic E-state index is -3.65. The third kappa shape index (κ3) is 2.89. The minimum absolute atomic E-state index is 0.146. The van der Waals surface area contributed by atoms with E-state index in [1.807, 2.05) is 0 Å². The van der Waals surface area contributed by atoms with Crippen molar-refractivity contribution in [2.24, 2.45) is 5.92 Å². The summed E-state index contributed by atoms with van der Waals surface area (Å²) in [4.78, 5) is 0.146. The molecule has 0 atom stereocenters. The van der Waals surface area contributed by atoms with E-state index in [9.17, 15) is 8.42 Å². The zero-order valence-corrected chi connectivity index (χ0v) is 10.5. The first-order valence-electron chi connectivity index (χ1n) is 5.15. The van der Waals surface area contributed by atoms with Crippen LogP contribution in [-0.4, -0.2) is 15.0 Å². The van der Waals surface area contributed by atoms with E-state index in [0.29, 0.717) is 23.8 Å². The van der Waals surface area contributed by atoms with Crippen LogP contribution in [-0.2, 0) is 9.05 Å². The van der Waals surface area contributed by atoms with Gasteiger partial charge >= 0.3 is 0 Å². The molecule has 0 amide bonds. The molecule has 1 fully saturated rings. The molecule has 1 aromatic rings. The van der Waals surface area contributed by atoms with Gasteiger partial charge in [0.1, 0.15) is 5.75 Å². The highest BCUT2D eigenvalue weighted by Gasteiger charge is 2.22. The second-order valence-electron chi connectivity index (χ2n) is 4.12. The SMILES string of the molecule is Cc1cc(OCC2CC2)ccc1S(=O)(=O)Cl. The summed E-state index contributed by atoms with van der Waals surface area (Å²) in [5.41, 5.74) is 0.614. The van der Waals surface area contributed by atoms with Gasteiger partial charge in [-0.15, -0.1) is 0 Å². The molecule has 88 valence electrons. The van der Waals surface area contributed by atoms with Gasteiger partial charge in [-0.1, -0.05) is 0 Å². The molecule has 0 spiro atoms. The number of hydrogen-bond donors (Lipinski definition) is 0. The van der Waals surface area contributed by atoms with Crippen LogP contribution in [0.5, 0.6) is 5.75 Å². The Morgan fingerprint density at radius 1 is 1.44 bits per heavy atom. The molecular weight excluding hydrogens is 248 g/mol. The lowest BCUT2D eigenvalue weighted by atomic mass is 10.2. The Bertz CT molecular complexity index is 492. The molecule has 2 rings (SSSR count). The minimum Gasteiger partial charge on any atom is -0.493 e. The van der Waals surface area contributed by atoms with E-state index in [1.54, 1.807) is 19.1 Å². The normalized spacial score (nSPS) is 16.1. The third-order valence-electron chi connectivity index (χ3n) is 2.59. The van der Waals surface area contributed by atoms with Crippen LogP contribution >= 0.6 is 10.7 Å². The first-order valence-corrected chi connectivity index (χ1v) is 7.46. The average Bonchev–Trinajstić information content (AvgIpc) is 2.96. The van der Waals surface area contributed by atoms with E-state index in [-0.39, 0.29) is 4.90 Å². The standard InChI is InChI=1S/C11H13ClO3S/c1-8-6-10(15-7-9-2-3-9)4-5-11(8)16(12,13)14/h4-6,9H,2-3,7H2,1H3. The zero-order chi connectivity index (χ0) is 11.8. The summed E-state index contributed by atoms with van der Waals surface area (Å²) in [6.45, 7) is 2.42. The lowest BCUT2D eigenvalue weighted by Gasteiger charge is -2.07. The van der Waals surface area contributed by atoms with E-state index in [1.165, 1.54) is 18.9 Å². The maximum absolute atomic E-state index is 11.2. The number of halogens is 1. The number of benzene rings is 1. The van der Waals surface area contributed by atoms with Crippen molar-refractivity contribution in [1.29, 1.82) is 0 Å². The fraction of sp³-hybridized carbons (Fsp3) is 0.455. The van der Waals surface area contributed by atoms with Crippen LogP contribution in [0.4, 0.5) is 0 Å². The molecule has 1 aromatic carbocycles. The van der Waals surface area contributed by atoms with Crippen molar-refractivity contribution in [3.63, 3.8) is 0 Å². The lowest BCUT2D eigenvalue weighted by Crippen LogP contribution is -2.00. The van der Waals surface area contributed by atoms with Gasteiger partial charge < -0.3 is 4.74 Å². The van der Waals surface area contributed by atoms with Crippen LogP contribution in [0.25, 0.3) is 0 Å². The first kappa shape index (κ1) is 11.7. The Morgan fingerprint density at radius 3 is 2.62 bits per heavy atom. The highest BCUT2D eigenvalue weighted by molar-refractivity contribution is 8.13. The Labute approximate surface area is 99.8 Å². The maximum Gasteiger partial charge on any atom is 0.261 e. The second kappa shape index (κ2) is 4.26. The monoisotopic (exact) mass is 260 g/mol. The molecule has 0 aliphatic heterocycles. The molecule has 0 aromatic heterocycles. The van der Waals surface area contributed by atoms with Gasteiger partial charge in [0.2, 0.25) is 0 Å². The number of hydrogen-bond acceptors (Lipinski definition) is 3. The number of ether oxygens (including phenoxy) is 1. The molecule has 0 bridgehead atoms. The van der Waals surface area contributed by atoms with E-state index in [2.05, 4.69) is 0 Å². The quantitative estimate of drug-likeness (QED) is 0.782. The van der Waals surface area contributed by atoms with Crippen molar-refractivity contribution >= 4 is 19.7 Å². The maximum atomic E-state index is 11.2. The fourth-order valence-corrected chi connectivity index (χ4v) is 2.68. The predicted molar refractivity (Wildman–Crippen MR) is 62.4 cm³/mol. The summed E-state index contributed by atoms with van der Waals surface area (Å²) < 4.78 is 27.9. The summed E-state index contributed by atoms with van der Waals surface area (Å²) in [5, 5.41) is 0. The van der Waals surface area contributed by atoms with Crippen molar-refractivity contribution < 1.29 is 13.2 Å². The molecular formula is C11H13ClO3S. The molecule has 0 N–H and O–H groups in total. The second-order valence-corrected chi connectivity index (χ2v) is 6.65. The van der Waals surface area contributed by atoms with Gasteiger partial charge in [0.05, 0.1) is 11.5 Å². The van der Waals surface area contributed by atoms with Crippen LogP contribution < -0.4 is 4.74 Å². The summed E-state index contributed by atoms with van der Waals surface area (Å²) in [7, 11) is 1.63. The van der Waals surface area contributed by atoms with Gasteiger partial charge in [-0.3, -0.25) is 0 Å². The molecule has 1 aliphatic carbocycles. The number of rotatable bonds is 4. The van der Waals surface area contributed by atoms with Gasteiger partial charge in [-0.2, -0.15) is 0 Å². The molecule has 16 heavy (non-hydrogen) atoms. The molecule has 0 saturated heterocycles. The highest BCUT2D eigenvalue weighted by atomic mass is 35.7. The Balaban J connectivity index is 2.15. The predicted octanol–water partition coefficient (Wildman–Crippen LogP) is 2.71. The Morgan fingerprint density at radius 2 is 2.12 bits per heavy atom. The largest absolute Gasteiger partial charge is 0.493 e. The lowest BCUT2D eigenvalue weighted by molar-refractivity contribution is 0.299. The van der Waals surface area contributed by atoms with E-state index >= 15 is 0 Å². The van der Waals surface area contributed by atoms with E-state index in [0.717, 1.165) is 0 Å². The topological polar surface area (TPSA) is 43.4 Å². The van der Waals surface area contributed by atoms with Crippen molar-refractivity contribution in [2.45, 2.75) is 24.7 Å². The van der Waals surface area contributed by atoms with Gasteiger partial charge in [0, 0.05) is 10.7 Å². The van der Waals surface area contributed by atoms with Gasteiger partial charge in [0.15, 0.2) is 0 Å². The van der Waals surface area contributed by atoms with Crippen LogP contribution in [0.2, 0.25) is 0 Å². The van der Waals surface area contributed by atoms with Gasteiger partial charge in [-0.05, 0) is 49.4 Å². The van der Waals surface area contributed by atoms with Crippen molar-refractivity contribution in [3.8, 4) is 5.75 Å². The smallest absolute Gasteiger partial charge is 0.261 e. The van der Waals surface area contributed by atoms with Crippen molar-refractivity contribution in [2.75, 3.05) is 6.61 Å². The molecule has 1 aliphatic rings. The van der Waals surface area contributed by atoms with Crippen molar-refractivity contribution in [3.05, 3.63) is 23.8 Å². The molecule has 1 saturated carbocycles. The fourth-order valence-electron chi connectivity index (χ4n) is 1.48. The molecule has 3 nitrogen and oxygen atoms in total. The molecule has 0 unspecified atom stereocenters. The van der Waals surface area contributed by atoms with Crippen molar-refractivity contribution in [1.82, 2.24) is 0 Å². The van der Waals surface area contributed by atoms with Gasteiger partial charge in [0.25, 0.3) is 9.05 Å². The van der Waals surface area contributed by atoms with Gasteiger partial charge in [-0.25, -0.2) is 8.42 Å². The summed E-state index contributed by atoms with van der Waals surface area (Å²) in [6, 6.07) is 4.84. The molecule has 0 radical (unpaired) electrons. The third-order valence-corrected chi connectivity index (χ3v) is 4.07. The first-order chi connectivity index (χ1) is 7.47. The van der Waals surface area contributed by atoms with Crippen LogP contribution in [0.3, 0.4) is 0 Å². The van der Waals surface area contributed by atoms with E-state index in [4.69, 9.17) is 15.4 Å². The Hall–Kier alpha value is -0.740. The average molecular weight is 261 g/mol. The number of aryl methyl sites for hydroxylation is 1. The summed E-state index contributed by atoms with van der Waals surface area (Å²) >= 11 is 0. The highest BCUT2D eigenvalue weighted by Crippen LogP contribution is 2.30. The summed E-state index contributed by atoms with van der Waals surface area (Å²) in [5.74, 6) is 1.38. The molecule has 0 heterocycles. The van der Waals surface area contributed by atoms with Crippen LogP contribution in [0.15, 0.2) is 23.1 Å². The van der Waals surface area contributed by atoms with E-state index < -0.39 is 9.05 Å². The zero-order valence-electron chi connectivity index (χ0n) is 8.94. The summed E-state index contributed by atoms with van der Waals surface area (Å²) in [6.07, 6.45) is 2.46.